The summed E-state index contributed by atoms with van der Waals surface area (Å²) in [7, 11) is 0. The van der Waals surface area contributed by atoms with E-state index in [9.17, 15) is 0 Å². The molecule has 0 saturated carbocycles. The maximum Gasteiger partial charge on any atom is 0.164 e. The van der Waals surface area contributed by atoms with Crippen LogP contribution in [-0.2, 0) is 10.8 Å². The lowest BCUT2D eigenvalue weighted by Gasteiger charge is -2.48. The summed E-state index contributed by atoms with van der Waals surface area (Å²) in [5, 5.41) is 4.88. The zero-order valence-corrected chi connectivity index (χ0v) is 25.5. The topological polar surface area (TPSA) is 38.7 Å². The van der Waals surface area contributed by atoms with E-state index in [0.29, 0.717) is 17.5 Å². The van der Waals surface area contributed by atoms with Crippen LogP contribution in [0, 0.1) is 0 Å². The highest BCUT2D eigenvalue weighted by atomic mass is 15.0. The molecule has 0 aliphatic heterocycles. The van der Waals surface area contributed by atoms with Crippen molar-refractivity contribution >= 4 is 21.5 Å². The number of benzene rings is 6. The molecule has 0 N–H and O–H groups in total. The lowest BCUT2D eigenvalue weighted by Crippen LogP contribution is -2.43. The summed E-state index contributed by atoms with van der Waals surface area (Å²) in [6.45, 7) is 9.44. The Labute approximate surface area is 258 Å². The van der Waals surface area contributed by atoms with Crippen LogP contribution in [0.15, 0.2) is 127 Å². The molecule has 7 aromatic rings. The molecule has 44 heavy (non-hydrogen) atoms. The monoisotopic (exact) mass is 567 g/mol. The van der Waals surface area contributed by atoms with Gasteiger partial charge in [0.2, 0.25) is 0 Å². The van der Waals surface area contributed by atoms with Crippen LogP contribution >= 0.6 is 0 Å². The number of hydrogen-bond acceptors (Lipinski definition) is 3. The summed E-state index contributed by atoms with van der Waals surface area (Å²) in [6.07, 6.45) is 0. The van der Waals surface area contributed by atoms with E-state index in [1.54, 1.807) is 0 Å². The van der Waals surface area contributed by atoms with Crippen molar-refractivity contribution < 1.29 is 0 Å². The summed E-state index contributed by atoms with van der Waals surface area (Å²) in [6, 6.07) is 45.1. The fourth-order valence-corrected chi connectivity index (χ4v) is 6.96. The van der Waals surface area contributed by atoms with Crippen molar-refractivity contribution in [3.05, 3.63) is 139 Å². The van der Waals surface area contributed by atoms with Crippen LogP contribution in [0.1, 0.15) is 38.8 Å². The molecule has 1 aliphatic carbocycles. The molecule has 0 atom stereocenters. The second kappa shape index (κ2) is 9.68. The first kappa shape index (κ1) is 26.5. The average molecular weight is 568 g/mol. The number of fused-ring (bicyclic) bond motifs is 6. The van der Waals surface area contributed by atoms with Crippen LogP contribution < -0.4 is 0 Å². The summed E-state index contributed by atoms with van der Waals surface area (Å²) >= 11 is 0. The largest absolute Gasteiger partial charge is 0.208 e. The minimum Gasteiger partial charge on any atom is -0.208 e. The van der Waals surface area contributed by atoms with Crippen LogP contribution in [0.3, 0.4) is 0 Å². The Morgan fingerprint density at radius 2 is 1.00 bits per heavy atom. The van der Waals surface area contributed by atoms with Gasteiger partial charge < -0.3 is 0 Å². The van der Waals surface area contributed by atoms with Crippen LogP contribution in [-0.4, -0.2) is 15.0 Å². The molecule has 0 fully saturated rings. The van der Waals surface area contributed by atoms with E-state index < -0.39 is 0 Å². The molecule has 0 saturated heterocycles. The zero-order valence-electron chi connectivity index (χ0n) is 25.5. The SMILES string of the molecule is CC1(C)c2ccccc2-c2c(-c3nc(-c4ccccc4)nc(-c4ccc5c(ccc6ccccc65)c4)n3)cccc2C1(C)C. The van der Waals surface area contributed by atoms with Gasteiger partial charge in [-0.1, -0.05) is 149 Å². The van der Waals surface area contributed by atoms with Gasteiger partial charge in [-0.05, 0) is 60.7 Å². The van der Waals surface area contributed by atoms with E-state index >= 15 is 0 Å². The van der Waals surface area contributed by atoms with E-state index in [1.165, 1.54) is 43.8 Å². The predicted molar refractivity (Wildman–Crippen MR) is 183 cm³/mol. The number of hydrogen-bond donors (Lipinski definition) is 0. The van der Waals surface area contributed by atoms with Gasteiger partial charge in [-0.25, -0.2) is 15.0 Å². The van der Waals surface area contributed by atoms with Gasteiger partial charge in [-0.3, -0.25) is 0 Å². The third-order valence-electron chi connectivity index (χ3n) is 10.1. The minimum atomic E-state index is -0.105. The van der Waals surface area contributed by atoms with Gasteiger partial charge in [-0.2, -0.15) is 0 Å². The Hall–Kier alpha value is -5.15. The Kier molecular flexibility index (Phi) is 5.83. The fourth-order valence-electron chi connectivity index (χ4n) is 6.96. The molecular weight excluding hydrogens is 534 g/mol. The second-order valence-corrected chi connectivity index (χ2v) is 12.9. The van der Waals surface area contributed by atoms with Crippen molar-refractivity contribution in [2.24, 2.45) is 0 Å². The lowest BCUT2D eigenvalue weighted by atomic mass is 9.55. The number of rotatable bonds is 3. The first-order valence-electron chi connectivity index (χ1n) is 15.3. The molecule has 0 amide bonds. The normalized spacial score (nSPS) is 14.7. The zero-order chi connectivity index (χ0) is 30.1. The van der Waals surface area contributed by atoms with E-state index in [0.717, 1.165) is 16.7 Å². The third kappa shape index (κ3) is 3.92. The van der Waals surface area contributed by atoms with E-state index in [1.807, 2.05) is 18.2 Å². The Bertz CT molecular complexity index is 2230. The molecule has 6 aromatic carbocycles. The van der Waals surface area contributed by atoms with Crippen LogP contribution in [0.4, 0.5) is 0 Å². The molecule has 0 radical (unpaired) electrons. The smallest absolute Gasteiger partial charge is 0.164 e. The predicted octanol–water partition coefficient (Wildman–Crippen LogP) is 10.4. The van der Waals surface area contributed by atoms with Gasteiger partial charge in [0.25, 0.3) is 0 Å². The van der Waals surface area contributed by atoms with Crippen LogP contribution in [0.5, 0.6) is 0 Å². The molecular formula is C41H33N3. The highest BCUT2D eigenvalue weighted by molar-refractivity contribution is 6.08. The number of nitrogens with zero attached hydrogens (tertiary/aromatic N) is 3. The van der Waals surface area contributed by atoms with Gasteiger partial charge >= 0.3 is 0 Å². The van der Waals surface area contributed by atoms with E-state index in [2.05, 4.69) is 137 Å². The van der Waals surface area contributed by atoms with E-state index in [-0.39, 0.29) is 10.8 Å². The maximum atomic E-state index is 5.21. The second-order valence-electron chi connectivity index (χ2n) is 12.9. The summed E-state index contributed by atoms with van der Waals surface area (Å²) < 4.78 is 0. The van der Waals surface area contributed by atoms with Crippen LogP contribution in [0.2, 0.25) is 0 Å². The van der Waals surface area contributed by atoms with Crippen molar-refractivity contribution in [1.29, 1.82) is 0 Å². The highest BCUT2D eigenvalue weighted by Gasteiger charge is 2.46. The minimum absolute atomic E-state index is 0.0516. The van der Waals surface area contributed by atoms with Gasteiger partial charge in [0.15, 0.2) is 17.5 Å². The molecule has 8 rings (SSSR count). The molecule has 1 heterocycles. The van der Waals surface area contributed by atoms with Crippen LogP contribution in [0.25, 0.3) is 66.8 Å². The van der Waals surface area contributed by atoms with Crippen molar-refractivity contribution in [2.75, 3.05) is 0 Å². The molecule has 1 aromatic heterocycles. The third-order valence-corrected chi connectivity index (χ3v) is 10.1. The van der Waals surface area contributed by atoms with Gasteiger partial charge in [0.05, 0.1) is 0 Å². The van der Waals surface area contributed by atoms with Gasteiger partial charge in [-0.15, -0.1) is 0 Å². The average Bonchev–Trinajstić information content (AvgIpc) is 3.07. The van der Waals surface area contributed by atoms with Gasteiger partial charge in [0, 0.05) is 16.7 Å². The highest BCUT2D eigenvalue weighted by Crippen LogP contribution is 2.55. The standard InChI is InChI=1S/C41H33N3/c1-40(2)34-19-11-10-17-32(34)36-33(18-12-20-35(36)41(40,3)4)39-43-37(27-14-6-5-7-15-27)42-38(44-39)29-23-24-31-28(25-29)22-21-26-13-8-9-16-30(26)31/h5-25H,1-4H3. The molecule has 1 aliphatic rings. The van der Waals surface area contributed by atoms with Crippen molar-refractivity contribution in [1.82, 2.24) is 15.0 Å². The first-order chi connectivity index (χ1) is 21.3. The number of aromatic nitrogens is 3. The molecule has 0 bridgehead atoms. The first-order valence-corrected chi connectivity index (χ1v) is 15.3. The Morgan fingerprint density at radius 1 is 0.409 bits per heavy atom. The fraction of sp³-hybridized carbons (Fsp3) is 0.146. The van der Waals surface area contributed by atoms with Gasteiger partial charge in [0.1, 0.15) is 0 Å². The maximum absolute atomic E-state index is 5.21. The lowest BCUT2D eigenvalue weighted by molar-refractivity contribution is 0.299. The summed E-state index contributed by atoms with van der Waals surface area (Å²) in [5.74, 6) is 2.03. The molecule has 212 valence electrons. The molecule has 3 nitrogen and oxygen atoms in total. The van der Waals surface area contributed by atoms with Crippen molar-refractivity contribution in [2.45, 2.75) is 38.5 Å². The Morgan fingerprint density at radius 3 is 1.84 bits per heavy atom. The van der Waals surface area contributed by atoms with Crippen molar-refractivity contribution in [3.63, 3.8) is 0 Å². The molecule has 0 unspecified atom stereocenters. The Balaban J connectivity index is 1.38. The molecule has 0 spiro atoms. The summed E-state index contributed by atoms with van der Waals surface area (Å²) in [4.78, 5) is 15.4. The summed E-state index contributed by atoms with van der Waals surface area (Å²) in [5.41, 5.74) is 7.96. The quantitative estimate of drug-likeness (QED) is 0.199. The van der Waals surface area contributed by atoms with Crippen molar-refractivity contribution in [3.8, 4) is 45.3 Å². The van der Waals surface area contributed by atoms with E-state index in [4.69, 9.17) is 15.0 Å². The molecule has 3 heteroatoms.